The lowest BCUT2D eigenvalue weighted by Gasteiger charge is -2.43. The number of aliphatic hydroxyl groups is 1. The number of rotatable bonds is 7. The third kappa shape index (κ3) is 4.96. The Labute approximate surface area is 233 Å². The van der Waals surface area contributed by atoms with Crippen LogP contribution in [0.15, 0.2) is 59.3 Å². The number of halogens is 1. The van der Waals surface area contributed by atoms with Gasteiger partial charge in [-0.25, -0.2) is 22.6 Å². The molecule has 2 saturated heterocycles. The van der Waals surface area contributed by atoms with E-state index >= 15 is 0 Å². The van der Waals surface area contributed by atoms with E-state index in [1.165, 1.54) is 12.1 Å². The molecule has 2 atom stereocenters. The van der Waals surface area contributed by atoms with E-state index in [9.17, 15) is 18.5 Å². The second kappa shape index (κ2) is 11.2. The number of morpholine rings is 1. The minimum atomic E-state index is -1.54. The predicted molar refractivity (Wildman–Crippen MR) is 146 cm³/mol. The maximum absolute atomic E-state index is 13.7. The van der Waals surface area contributed by atoms with E-state index in [2.05, 4.69) is 15.0 Å². The van der Waals surface area contributed by atoms with Gasteiger partial charge >= 0.3 is 5.97 Å². The zero-order chi connectivity index (χ0) is 27.7. The van der Waals surface area contributed by atoms with Gasteiger partial charge in [0.15, 0.2) is 0 Å². The normalized spacial score (nSPS) is 21.8. The van der Waals surface area contributed by atoms with Gasteiger partial charge in [-0.05, 0) is 66.5 Å². The van der Waals surface area contributed by atoms with Crippen LogP contribution in [0.4, 0.5) is 10.2 Å². The van der Waals surface area contributed by atoms with Gasteiger partial charge < -0.3 is 19.5 Å². The van der Waals surface area contributed by atoms with E-state index in [-0.39, 0.29) is 25.6 Å². The lowest BCUT2D eigenvalue weighted by Crippen LogP contribution is -2.52. The Kier molecular flexibility index (Phi) is 7.49. The van der Waals surface area contributed by atoms with Gasteiger partial charge in [0.1, 0.15) is 34.6 Å². The summed E-state index contributed by atoms with van der Waals surface area (Å²) in [6.45, 7) is 3.07. The molecule has 0 amide bonds. The summed E-state index contributed by atoms with van der Waals surface area (Å²) in [5.74, 6) is 0.0190. The number of anilines is 1. The molecule has 0 radical (unpaired) electrons. The fraction of sp³-hybridized carbons (Fsp3) is 0.393. The second-order valence-electron chi connectivity index (χ2n) is 10.0. The summed E-state index contributed by atoms with van der Waals surface area (Å²) < 4.78 is 41.6. The van der Waals surface area contributed by atoms with Gasteiger partial charge in [0.25, 0.3) is 0 Å². The number of esters is 1. The van der Waals surface area contributed by atoms with Crippen LogP contribution >= 0.6 is 0 Å². The van der Waals surface area contributed by atoms with Crippen LogP contribution in [0.2, 0.25) is 0 Å². The van der Waals surface area contributed by atoms with Crippen molar-refractivity contribution in [3.63, 3.8) is 0 Å². The Balaban J connectivity index is 1.28. The van der Waals surface area contributed by atoms with Crippen molar-refractivity contribution in [1.29, 1.82) is 0 Å². The van der Waals surface area contributed by atoms with Crippen molar-refractivity contribution in [1.82, 2.24) is 19.1 Å². The molecule has 1 aliphatic carbocycles. The van der Waals surface area contributed by atoms with Crippen LogP contribution in [0.3, 0.4) is 0 Å². The van der Waals surface area contributed by atoms with Gasteiger partial charge in [0, 0.05) is 32.4 Å². The van der Waals surface area contributed by atoms with Gasteiger partial charge in [-0.1, -0.05) is 0 Å². The minimum absolute atomic E-state index is 0.119. The second-order valence-corrected chi connectivity index (χ2v) is 11.5. The first-order valence-corrected chi connectivity index (χ1v) is 14.4. The van der Waals surface area contributed by atoms with Crippen LogP contribution in [0, 0.1) is 11.2 Å². The number of hydrogen-bond donors (Lipinski definition) is 1. The van der Waals surface area contributed by atoms with Crippen molar-refractivity contribution < 1.29 is 28.0 Å². The number of hydrogen-bond acceptors (Lipinski definition) is 8. The summed E-state index contributed by atoms with van der Waals surface area (Å²) in [5.41, 5.74) is 2.15. The molecule has 2 fully saturated rings. The Morgan fingerprint density at radius 1 is 1.12 bits per heavy atom. The number of nitrogens with zero attached hydrogens (tertiary/aromatic N) is 5. The summed E-state index contributed by atoms with van der Waals surface area (Å²) in [6, 6.07) is 9.76. The maximum Gasteiger partial charge on any atom is 0.318 e. The first kappa shape index (κ1) is 26.8. The average molecular weight is 568 g/mol. The van der Waals surface area contributed by atoms with Crippen molar-refractivity contribution in [2.24, 2.45) is 5.41 Å². The summed E-state index contributed by atoms with van der Waals surface area (Å²) in [7, 11) is -1.54. The monoisotopic (exact) mass is 567 g/mol. The van der Waals surface area contributed by atoms with E-state index in [1.807, 2.05) is 18.2 Å². The molecule has 40 heavy (non-hydrogen) atoms. The van der Waals surface area contributed by atoms with Gasteiger partial charge in [-0.2, -0.15) is 5.10 Å². The molecular weight excluding hydrogens is 537 g/mol. The first-order chi connectivity index (χ1) is 19.5. The van der Waals surface area contributed by atoms with Crippen molar-refractivity contribution in [3.05, 3.63) is 71.4 Å². The van der Waals surface area contributed by atoms with Gasteiger partial charge in [-0.3, -0.25) is 4.79 Å². The molecule has 3 aliphatic rings. The third-order valence-corrected chi connectivity index (χ3v) is 9.08. The van der Waals surface area contributed by atoms with Crippen LogP contribution in [-0.4, -0.2) is 87.0 Å². The molecule has 12 heteroatoms. The summed E-state index contributed by atoms with van der Waals surface area (Å²) in [5, 5.41) is 13.8. The molecule has 0 bridgehead atoms. The predicted octanol–water partition coefficient (Wildman–Crippen LogP) is 2.13. The number of carbonyl (C=O) groups excluding carboxylic acids is 1. The molecule has 2 aliphatic heterocycles. The van der Waals surface area contributed by atoms with Gasteiger partial charge in [0.05, 0.1) is 42.3 Å². The number of pyridine rings is 1. The van der Waals surface area contributed by atoms with Crippen molar-refractivity contribution in [2.75, 3.05) is 57.5 Å². The highest BCUT2D eigenvalue weighted by atomic mass is 32.2. The lowest BCUT2D eigenvalue weighted by atomic mass is 9.69. The average Bonchev–Trinajstić information content (AvgIpc) is 3.41. The Hall–Kier alpha value is -3.45. The molecule has 10 nitrogen and oxygen atoms in total. The number of piperidine rings is 1. The lowest BCUT2D eigenvalue weighted by molar-refractivity contribution is -0.156. The van der Waals surface area contributed by atoms with E-state index in [1.54, 1.807) is 33.5 Å². The van der Waals surface area contributed by atoms with E-state index < -0.39 is 22.4 Å². The fourth-order valence-corrected chi connectivity index (χ4v) is 6.82. The molecule has 3 aromatic rings. The standard InChI is InChI=1S/C28H30FN5O5S/c29-22-1-3-23(4-2-22)34-25-15-21-7-8-33(19-28(21,16-20(25)17-31-34)27(36)39-14-11-35)40(37)24-5-6-26(30-18-24)32-9-12-38-13-10-32/h1-6,15,17-18,35H,7-14,16,19H2/t28-,40?/m0/s1. The van der Waals surface area contributed by atoms with E-state index in [0.717, 1.165) is 35.7 Å². The molecule has 1 N–H and O–H groups in total. The molecule has 1 aromatic carbocycles. The summed E-state index contributed by atoms with van der Waals surface area (Å²) >= 11 is 0. The zero-order valence-electron chi connectivity index (χ0n) is 21.9. The number of fused-ring (bicyclic) bond motifs is 2. The molecule has 0 saturated carbocycles. The SMILES string of the molecule is O=C(OCCO)[C@]12Cc3cnn(-c4ccc(F)cc4)c3C=C1CCN(S(=O)c1ccc(N3CCOCC3)nc1)C2. The van der Waals surface area contributed by atoms with Gasteiger partial charge in [0.2, 0.25) is 0 Å². The first-order valence-electron chi connectivity index (χ1n) is 13.3. The van der Waals surface area contributed by atoms with E-state index in [4.69, 9.17) is 9.47 Å². The topological polar surface area (TPSA) is 110 Å². The molecule has 6 rings (SSSR count). The van der Waals surface area contributed by atoms with Crippen LogP contribution in [-0.2, 0) is 31.7 Å². The number of aliphatic hydroxyl groups excluding tert-OH is 1. The molecule has 0 spiro atoms. The maximum atomic E-state index is 13.7. The fourth-order valence-electron chi connectivity index (χ4n) is 5.60. The number of carbonyl (C=O) groups is 1. The largest absolute Gasteiger partial charge is 0.463 e. The quantitative estimate of drug-likeness (QED) is 0.433. The van der Waals surface area contributed by atoms with E-state index in [0.29, 0.717) is 43.2 Å². The Morgan fingerprint density at radius 2 is 1.93 bits per heavy atom. The highest BCUT2D eigenvalue weighted by Gasteiger charge is 2.51. The minimum Gasteiger partial charge on any atom is -0.463 e. The van der Waals surface area contributed by atoms with Crippen LogP contribution < -0.4 is 4.90 Å². The Morgan fingerprint density at radius 3 is 2.65 bits per heavy atom. The summed E-state index contributed by atoms with van der Waals surface area (Å²) in [4.78, 5) is 20.8. The molecule has 210 valence electrons. The Bertz CT molecular complexity index is 1440. The molecule has 4 heterocycles. The van der Waals surface area contributed by atoms with Crippen LogP contribution in [0.5, 0.6) is 0 Å². The number of aromatic nitrogens is 3. The van der Waals surface area contributed by atoms with Crippen molar-refractivity contribution in [3.8, 4) is 5.69 Å². The van der Waals surface area contributed by atoms with Crippen molar-refractivity contribution in [2.45, 2.75) is 17.7 Å². The van der Waals surface area contributed by atoms with Gasteiger partial charge in [-0.15, -0.1) is 0 Å². The summed E-state index contributed by atoms with van der Waals surface area (Å²) in [6.07, 6.45) is 6.09. The number of benzene rings is 1. The highest BCUT2D eigenvalue weighted by molar-refractivity contribution is 7.82. The zero-order valence-corrected chi connectivity index (χ0v) is 22.7. The molecular formula is C28H30FN5O5S. The van der Waals surface area contributed by atoms with Crippen molar-refractivity contribution >= 4 is 28.8 Å². The number of ether oxygens (including phenoxy) is 2. The highest BCUT2D eigenvalue weighted by Crippen LogP contribution is 2.45. The molecule has 1 unspecified atom stereocenters. The van der Waals surface area contributed by atoms with Crippen LogP contribution in [0.25, 0.3) is 11.8 Å². The van der Waals surface area contributed by atoms with Crippen LogP contribution in [0.1, 0.15) is 17.7 Å². The molecule has 2 aromatic heterocycles. The third-order valence-electron chi connectivity index (χ3n) is 7.66. The smallest absolute Gasteiger partial charge is 0.318 e.